The Labute approximate surface area is 171 Å². The highest BCUT2D eigenvalue weighted by Crippen LogP contribution is 2.23. The summed E-state index contributed by atoms with van der Waals surface area (Å²) in [6.45, 7) is 6.42. The van der Waals surface area contributed by atoms with E-state index in [1.165, 1.54) is 0 Å². The highest BCUT2D eigenvalue weighted by Gasteiger charge is 2.26. The molecule has 0 aliphatic heterocycles. The lowest BCUT2D eigenvalue weighted by molar-refractivity contribution is 0.143. The molecule has 158 valence electrons. The normalized spacial score (nSPS) is 21.2. The van der Waals surface area contributed by atoms with E-state index in [-0.39, 0.29) is 0 Å². The van der Waals surface area contributed by atoms with Crippen LogP contribution in [0.15, 0.2) is 23.3 Å². The molecule has 1 aromatic heterocycles. The van der Waals surface area contributed by atoms with Crippen LogP contribution >= 0.6 is 0 Å². The topological polar surface area (TPSA) is 84.8 Å². The third-order valence-electron chi connectivity index (χ3n) is 4.72. The SMILES string of the molecule is CCNC(=NCc1ccc(OCCOC)nc1)NC1CCCC(S(=O)CC)C1. The number of guanidine groups is 1. The maximum Gasteiger partial charge on any atom is 0.213 e. The molecule has 2 rings (SSSR count). The molecule has 3 atom stereocenters. The van der Waals surface area contributed by atoms with Gasteiger partial charge >= 0.3 is 0 Å². The van der Waals surface area contributed by atoms with Gasteiger partial charge in [0.1, 0.15) is 6.61 Å². The van der Waals surface area contributed by atoms with Gasteiger partial charge in [-0.1, -0.05) is 19.4 Å². The van der Waals surface area contributed by atoms with Gasteiger partial charge in [0.25, 0.3) is 0 Å². The first-order valence-electron chi connectivity index (χ1n) is 10.1. The summed E-state index contributed by atoms with van der Waals surface area (Å²) in [5.74, 6) is 2.13. The average molecular weight is 411 g/mol. The second kappa shape index (κ2) is 12.7. The van der Waals surface area contributed by atoms with E-state index in [0.29, 0.717) is 36.9 Å². The first kappa shape index (κ1) is 22.6. The molecular formula is C20H34N4O3S. The maximum absolute atomic E-state index is 12.2. The second-order valence-electron chi connectivity index (χ2n) is 6.84. The van der Waals surface area contributed by atoms with E-state index in [9.17, 15) is 4.21 Å². The van der Waals surface area contributed by atoms with E-state index in [4.69, 9.17) is 14.5 Å². The molecule has 0 aromatic carbocycles. The van der Waals surface area contributed by atoms with Crippen molar-refractivity contribution in [2.24, 2.45) is 4.99 Å². The van der Waals surface area contributed by atoms with Crippen LogP contribution in [-0.2, 0) is 22.1 Å². The highest BCUT2D eigenvalue weighted by molar-refractivity contribution is 7.85. The van der Waals surface area contributed by atoms with Gasteiger partial charge in [0.05, 0.1) is 13.2 Å². The fourth-order valence-corrected chi connectivity index (χ4v) is 4.60. The predicted molar refractivity (Wildman–Crippen MR) is 114 cm³/mol. The number of hydrogen-bond donors (Lipinski definition) is 2. The lowest BCUT2D eigenvalue weighted by atomic mass is 9.95. The molecule has 0 radical (unpaired) electrons. The Morgan fingerprint density at radius 2 is 2.18 bits per heavy atom. The van der Waals surface area contributed by atoms with Gasteiger partial charge in [0.2, 0.25) is 5.88 Å². The molecule has 1 aliphatic rings. The van der Waals surface area contributed by atoms with Crippen molar-refractivity contribution in [1.82, 2.24) is 15.6 Å². The summed E-state index contributed by atoms with van der Waals surface area (Å²) in [5, 5.41) is 7.14. The van der Waals surface area contributed by atoms with Gasteiger partial charge in [-0.15, -0.1) is 0 Å². The second-order valence-corrected chi connectivity index (χ2v) is 8.85. The fourth-order valence-electron chi connectivity index (χ4n) is 3.25. The molecule has 3 unspecified atom stereocenters. The minimum absolute atomic E-state index is 0.300. The predicted octanol–water partition coefficient (Wildman–Crippen LogP) is 2.24. The van der Waals surface area contributed by atoms with Gasteiger partial charge in [0, 0.05) is 53.8 Å². The third-order valence-corrected chi connectivity index (χ3v) is 6.46. The maximum atomic E-state index is 12.2. The number of aliphatic imine (C=N–C) groups is 1. The van der Waals surface area contributed by atoms with E-state index in [1.54, 1.807) is 13.3 Å². The molecule has 28 heavy (non-hydrogen) atoms. The summed E-state index contributed by atoms with van der Waals surface area (Å²) in [6.07, 6.45) is 6.01. The van der Waals surface area contributed by atoms with Crippen molar-refractivity contribution >= 4 is 16.8 Å². The van der Waals surface area contributed by atoms with E-state index in [0.717, 1.165) is 49.5 Å². The molecule has 0 bridgehead atoms. The average Bonchev–Trinajstić information content (AvgIpc) is 2.73. The van der Waals surface area contributed by atoms with Gasteiger partial charge in [-0.2, -0.15) is 0 Å². The molecule has 1 heterocycles. The van der Waals surface area contributed by atoms with Crippen LogP contribution in [0.5, 0.6) is 5.88 Å². The molecule has 0 spiro atoms. The minimum Gasteiger partial charge on any atom is -0.475 e. The van der Waals surface area contributed by atoms with E-state index in [2.05, 4.69) is 22.5 Å². The molecule has 1 aliphatic carbocycles. The number of nitrogens with zero attached hydrogens (tertiary/aromatic N) is 2. The zero-order valence-corrected chi connectivity index (χ0v) is 18.1. The number of hydrogen-bond acceptors (Lipinski definition) is 5. The number of nitrogens with one attached hydrogen (secondary N) is 2. The van der Waals surface area contributed by atoms with Crippen LogP contribution in [0.3, 0.4) is 0 Å². The number of aromatic nitrogens is 1. The molecular weight excluding hydrogens is 376 g/mol. The van der Waals surface area contributed by atoms with Gasteiger partial charge in [-0.25, -0.2) is 9.98 Å². The van der Waals surface area contributed by atoms with E-state index >= 15 is 0 Å². The summed E-state index contributed by atoms with van der Waals surface area (Å²) >= 11 is 0. The molecule has 1 aromatic rings. The summed E-state index contributed by atoms with van der Waals surface area (Å²) in [6, 6.07) is 4.15. The van der Waals surface area contributed by atoms with Crippen molar-refractivity contribution in [2.45, 2.75) is 57.4 Å². The smallest absolute Gasteiger partial charge is 0.213 e. The Morgan fingerprint density at radius 1 is 1.32 bits per heavy atom. The lowest BCUT2D eigenvalue weighted by Crippen LogP contribution is -2.46. The van der Waals surface area contributed by atoms with Gasteiger partial charge in [-0.3, -0.25) is 4.21 Å². The van der Waals surface area contributed by atoms with Gasteiger partial charge in [0.15, 0.2) is 5.96 Å². The Balaban J connectivity index is 1.90. The van der Waals surface area contributed by atoms with Crippen LogP contribution in [0.1, 0.15) is 45.1 Å². The number of rotatable bonds is 10. The van der Waals surface area contributed by atoms with Gasteiger partial charge < -0.3 is 20.1 Å². The standard InChI is InChI=1S/C20H34N4O3S/c1-4-21-20(24-17-7-6-8-18(13-17)28(25)5-2)23-15-16-9-10-19(22-14-16)27-12-11-26-3/h9-10,14,17-18H,4-8,11-13,15H2,1-3H3,(H2,21,23,24). The number of methoxy groups -OCH3 is 1. The van der Waals surface area contributed by atoms with Crippen LogP contribution in [0.2, 0.25) is 0 Å². The molecule has 1 fully saturated rings. The van der Waals surface area contributed by atoms with Crippen molar-refractivity contribution in [3.8, 4) is 5.88 Å². The van der Waals surface area contributed by atoms with Crippen molar-refractivity contribution in [3.05, 3.63) is 23.9 Å². The molecule has 7 nitrogen and oxygen atoms in total. The van der Waals surface area contributed by atoms with Crippen molar-refractivity contribution < 1.29 is 13.7 Å². The Hall–Kier alpha value is -1.67. The van der Waals surface area contributed by atoms with E-state index < -0.39 is 10.8 Å². The quantitative estimate of drug-likeness (QED) is 0.350. The van der Waals surface area contributed by atoms with Crippen LogP contribution < -0.4 is 15.4 Å². The Morgan fingerprint density at radius 3 is 2.86 bits per heavy atom. The molecule has 0 saturated heterocycles. The van der Waals surface area contributed by atoms with Crippen LogP contribution in [0.4, 0.5) is 0 Å². The molecule has 1 saturated carbocycles. The van der Waals surface area contributed by atoms with E-state index in [1.807, 2.05) is 19.1 Å². The largest absolute Gasteiger partial charge is 0.475 e. The first-order valence-corrected chi connectivity index (χ1v) is 11.5. The van der Waals surface area contributed by atoms with Crippen LogP contribution in [0.25, 0.3) is 0 Å². The molecule has 0 amide bonds. The van der Waals surface area contributed by atoms with Crippen molar-refractivity contribution in [3.63, 3.8) is 0 Å². The third kappa shape index (κ3) is 7.75. The zero-order chi connectivity index (χ0) is 20.2. The van der Waals surface area contributed by atoms with Crippen LogP contribution in [-0.4, -0.2) is 59.1 Å². The van der Waals surface area contributed by atoms with Crippen molar-refractivity contribution in [2.75, 3.05) is 32.6 Å². The summed E-state index contributed by atoms with van der Waals surface area (Å²) in [7, 11) is 0.923. The van der Waals surface area contributed by atoms with Gasteiger partial charge in [-0.05, 0) is 31.7 Å². The van der Waals surface area contributed by atoms with Crippen molar-refractivity contribution in [1.29, 1.82) is 0 Å². The molecule has 8 heteroatoms. The summed E-state index contributed by atoms with van der Waals surface area (Å²) in [4.78, 5) is 9.00. The minimum atomic E-state index is -0.720. The Bertz CT molecular complexity index is 624. The van der Waals surface area contributed by atoms with Crippen LogP contribution in [0, 0.1) is 0 Å². The number of pyridine rings is 1. The molecule has 2 N–H and O–H groups in total. The summed E-state index contributed by atoms with van der Waals surface area (Å²) < 4.78 is 22.6. The monoisotopic (exact) mass is 410 g/mol. The fraction of sp³-hybridized carbons (Fsp3) is 0.700. The number of ether oxygens (including phenoxy) is 2. The first-order chi connectivity index (χ1) is 13.7. The Kier molecular flexibility index (Phi) is 10.3. The summed E-state index contributed by atoms with van der Waals surface area (Å²) in [5.41, 5.74) is 1.02. The zero-order valence-electron chi connectivity index (χ0n) is 17.3. The lowest BCUT2D eigenvalue weighted by Gasteiger charge is -2.30. The highest BCUT2D eigenvalue weighted by atomic mass is 32.2.